The fourth-order valence-electron chi connectivity index (χ4n) is 3.18. The summed E-state index contributed by atoms with van der Waals surface area (Å²) in [6.45, 7) is 10.9. The van der Waals surface area contributed by atoms with Crippen molar-refractivity contribution in [1.82, 2.24) is 15.5 Å². The van der Waals surface area contributed by atoms with Crippen LogP contribution in [0, 0.1) is 5.92 Å². The molecular formula is C19H34N4O2. The highest BCUT2D eigenvalue weighted by atomic mass is 16.6. The number of ether oxygens (including phenoxy) is 1. The number of piperidine rings is 1. The van der Waals surface area contributed by atoms with Gasteiger partial charge in [0.1, 0.15) is 5.60 Å². The van der Waals surface area contributed by atoms with Gasteiger partial charge >= 0.3 is 6.09 Å². The normalized spacial score (nSPS) is 22.2. The van der Waals surface area contributed by atoms with Gasteiger partial charge < -0.3 is 20.3 Å². The van der Waals surface area contributed by atoms with Crippen molar-refractivity contribution >= 4 is 12.1 Å². The molecule has 2 aliphatic rings. The molecule has 1 aliphatic heterocycles. The van der Waals surface area contributed by atoms with Crippen LogP contribution in [0.1, 0.15) is 53.4 Å². The Balaban J connectivity index is 1.85. The van der Waals surface area contributed by atoms with Crippen LogP contribution in [0.2, 0.25) is 0 Å². The second-order valence-corrected chi connectivity index (χ2v) is 7.94. The Morgan fingerprint density at radius 1 is 1.32 bits per heavy atom. The third-order valence-electron chi connectivity index (χ3n) is 4.37. The molecule has 1 saturated heterocycles. The van der Waals surface area contributed by atoms with Crippen LogP contribution in [0.5, 0.6) is 0 Å². The standard InChI is InChI=1S/C19H34N4O2/c1-5-20-17(22-16-10-6-7-11-16)21-13-15-9-8-12-23(14-15)18(24)25-19(2,3)4/h6-7,15-16H,5,8-14H2,1-4H3,(H2,20,21,22). The van der Waals surface area contributed by atoms with Crippen molar-refractivity contribution in [3.63, 3.8) is 0 Å². The first kappa shape index (κ1) is 19.6. The first-order valence-corrected chi connectivity index (χ1v) is 9.55. The minimum Gasteiger partial charge on any atom is -0.444 e. The van der Waals surface area contributed by atoms with E-state index in [1.807, 2.05) is 25.7 Å². The van der Waals surface area contributed by atoms with Gasteiger partial charge in [0, 0.05) is 32.2 Å². The van der Waals surface area contributed by atoms with Crippen LogP contribution in [0.3, 0.4) is 0 Å². The van der Waals surface area contributed by atoms with E-state index < -0.39 is 5.60 Å². The Hall–Kier alpha value is -1.72. The van der Waals surface area contributed by atoms with Crippen LogP contribution in [0.15, 0.2) is 17.1 Å². The van der Waals surface area contributed by atoms with E-state index in [0.29, 0.717) is 12.0 Å². The second-order valence-electron chi connectivity index (χ2n) is 7.94. The minimum absolute atomic E-state index is 0.205. The second kappa shape index (κ2) is 9.11. The van der Waals surface area contributed by atoms with E-state index in [0.717, 1.165) is 57.8 Å². The molecule has 1 aliphatic carbocycles. The maximum Gasteiger partial charge on any atom is 0.410 e. The van der Waals surface area contributed by atoms with Crippen LogP contribution < -0.4 is 10.6 Å². The van der Waals surface area contributed by atoms with Gasteiger partial charge in [0.2, 0.25) is 0 Å². The molecule has 1 amide bonds. The summed E-state index contributed by atoms with van der Waals surface area (Å²) in [6, 6.07) is 0.447. The fraction of sp³-hybridized carbons (Fsp3) is 0.789. The van der Waals surface area contributed by atoms with E-state index in [9.17, 15) is 4.79 Å². The van der Waals surface area contributed by atoms with Crippen LogP contribution in [-0.4, -0.2) is 54.8 Å². The van der Waals surface area contributed by atoms with Crippen molar-refractivity contribution in [2.75, 3.05) is 26.2 Å². The number of aliphatic imine (C=N–C) groups is 1. The summed E-state index contributed by atoms with van der Waals surface area (Å²) in [7, 11) is 0. The Bertz CT molecular complexity index is 488. The highest BCUT2D eigenvalue weighted by molar-refractivity contribution is 5.80. The molecule has 6 heteroatoms. The van der Waals surface area contributed by atoms with E-state index in [1.165, 1.54) is 0 Å². The van der Waals surface area contributed by atoms with Crippen LogP contribution in [-0.2, 0) is 4.74 Å². The Kier molecular flexibility index (Phi) is 7.14. The maximum atomic E-state index is 12.3. The lowest BCUT2D eigenvalue weighted by Gasteiger charge is -2.33. The topological polar surface area (TPSA) is 66.0 Å². The SMILES string of the molecule is CCNC(=NCC1CCCN(C(=O)OC(C)(C)C)C1)NC1CC=CC1. The molecular weight excluding hydrogens is 316 g/mol. The zero-order valence-electron chi connectivity index (χ0n) is 16.2. The smallest absolute Gasteiger partial charge is 0.410 e. The molecule has 1 heterocycles. The number of nitrogens with one attached hydrogen (secondary N) is 2. The molecule has 0 saturated carbocycles. The van der Waals surface area contributed by atoms with Gasteiger partial charge in [-0.15, -0.1) is 0 Å². The molecule has 2 N–H and O–H groups in total. The summed E-state index contributed by atoms with van der Waals surface area (Å²) in [5.41, 5.74) is -0.445. The van der Waals surface area contributed by atoms with Crippen LogP contribution >= 0.6 is 0 Å². The molecule has 1 unspecified atom stereocenters. The highest BCUT2D eigenvalue weighted by Crippen LogP contribution is 2.19. The molecule has 142 valence electrons. The van der Waals surface area contributed by atoms with Gasteiger partial charge in [-0.2, -0.15) is 0 Å². The van der Waals surface area contributed by atoms with Gasteiger partial charge in [0.15, 0.2) is 5.96 Å². The minimum atomic E-state index is -0.445. The number of nitrogens with zero attached hydrogens (tertiary/aromatic N) is 2. The summed E-state index contributed by atoms with van der Waals surface area (Å²) in [4.78, 5) is 18.9. The maximum absolute atomic E-state index is 12.3. The van der Waals surface area contributed by atoms with Crippen molar-refractivity contribution in [3.8, 4) is 0 Å². The van der Waals surface area contributed by atoms with E-state index >= 15 is 0 Å². The predicted molar refractivity (Wildman–Crippen MR) is 102 cm³/mol. The molecule has 0 spiro atoms. The van der Waals surface area contributed by atoms with Crippen molar-refractivity contribution in [2.45, 2.75) is 65.0 Å². The predicted octanol–water partition coefficient (Wildman–Crippen LogP) is 2.91. The average molecular weight is 351 g/mol. The number of carbonyl (C=O) groups excluding carboxylic acids is 1. The molecule has 1 fully saturated rings. The number of rotatable bonds is 4. The molecule has 0 radical (unpaired) electrons. The molecule has 1 atom stereocenters. The quantitative estimate of drug-likeness (QED) is 0.465. The van der Waals surface area contributed by atoms with Gasteiger partial charge in [0.25, 0.3) is 0 Å². The first-order valence-electron chi connectivity index (χ1n) is 9.55. The first-order chi connectivity index (χ1) is 11.9. The van der Waals surface area contributed by atoms with Gasteiger partial charge in [-0.25, -0.2) is 4.79 Å². The number of hydrogen-bond acceptors (Lipinski definition) is 3. The molecule has 0 aromatic carbocycles. The molecule has 6 nitrogen and oxygen atoms in total. The van der Waals surface area contributed by atoms with Crippen molar-refractivity contribution < 1.29 is 9.53 Å². The third kappa shape index (κ3) is 6.96. The molecule has 25 heavy (non-hydrogen) atoms. The zero-order valence-corrected chi connectivity index (χ0v) is 16.2. The van der Waals surface area contributed by atoms with E-state index in [1.54, 1.807) is 0 Å². The Morgan fingerprint density at radius 2 is 2.04 bits per heavy atom. The monoisotopic (exact) mass is 350 g/mol. The van der Waals surface area contributed by atoms with Crippen LogP contribution in [0.25, 0.3) is 0 Å². The van der Waals surface area contributed by atoms with Gasteiger partial charge in [-0.1, -0.05) is 12.2 Å². The Morgan fingerprint density at radius 3 is 2.68 bits per heavy atom. The lowest BCUT2D eigenvalue weighted by atomic mass is 9.98. The number of hydrogen-bond donors (Lipinski definition) is 2. The molecule has 0 aromatic rings. The van der Waals surface area contributed by atoms with Gasteiger partial charge in [0.05, 0.1) is 0 Å². The average Bonchev–Trinajstić information content (AvgIpc) is 3.04. The summed E-state index contributed by atoms with van der Waals surface area (Å²) in [5.74, 6) is 1.27. The lowest BCUT2D eigenvalue weighted by molar-refractivity contribution is 0.0170. The summed E-state index contributed by atoms with van der Waals surface area (Å²) < 4.78 is 5.50. The van der Waals surface area contributed by atoms with Crippen molar-refractivity contribution in [3.05, 3.63) is 12.2 Å². The molecule has 0 bridgehead atoms. The largest absolute Gasteiger partial charge is 0.444 e. The Labute approximate surface area is 152 Å². The van der Waals surface area contributed by atoms with Crippen LogP contribution in [0.4, 0.5) is 4.79 Å². The van der Waals surface area contributed by atoms with Crippen molar-refractivity contribution in [2.24, 2.45) is 10.9 Å². The van der Waals surface area contributed by atoms with E-state index in [2.05, 4.69) is 29.7 Å². The molecule has 0 aromatic heterocycles. The van der Waals surface area contributed by atoms with E-state index in [-0.39, 0.29) is 6.09 Å². The highest BCUT2D eigenvalue weighted by Gasteiger charge is 2.27. The van der Waals surface area contributed by atoms with Crippen molar-refractivity contribution in [1.29, 1.82) is 0 Å². The number of carbonyl (C=O) groups is 1. The summed E-state index contributed by atoms with van der Waals surface area (Å²) in [6.07, 6.45) is 8.44. The number of guanidine groups is 1. The summed E-state index contributed by atoms with van der Waals surface area (Å²) >= 11 is 0. The van der Waals surface area contributed by atoms with Gasteiger partial charge in [-0.05, 0) is 59.3 Å². The third-order valence-corrected chi connectivity index (χ3v) is 4.37. The van der Waals surface area contributed by atoms with Gasteiger partial charge in [-0.3, -0.25) is 4.99 Å². The lowest BCUT2D eigenvalue weighted by Crippen LogP contribution is -2.45. The fourth-order valence-corrected chi connectivity index (χ4v) is 3.18. The molecule has 2 rings (SSSR count). The summed E-state index contributed by atoms with van der Waals surface area (Å²) in [5, 5.41) is 6.81. The number of amides is 1. The van der Waals surface area contributed by atoms with E-state index in [4.69, 9.17) is 9.73 Å². The zero-order chi connectivity index (χ0) is 18.3. The number of likely N-dealkylation sites (tertiary alicyclic amines) is 1.